The Morgan fingerprint density at radius 1 is 1.58 bits per heavy atom. The number of nitrogens with zero attached hydrogens (tertiary/aromatic N) is 3. The van der Waals surface area contributed by atoms with Crippen LogP contribution in [0.3, 0.4) is 0 Å². The molecular formula is C5HClIN3OS. The van der Waals surface area contributed by atoms with Crippen molar-refractivity contribution in [1.29, 1.82) is 0 Å². The molecule has 2 heterocycles. The fourth-order valence-electron chi connectivity index (χ4n) is 0.650. The van der Waals surface area contributed by atoms with Crippen LogP contribution in [0.1, 0.15) is 0 Å². The molecule has 0 aliphatic rings. The van der Waals surface area contributed by atoms with Crippen molar-refractivity contribution in [2.24, 2.45) is 0 Å². The Labute approximate surface area is 90.1 Å². The molecule has 0 bridgehead atoms. The molecule has 12 heavy (non-hydrogen) atoms. The summed E-state index contributed by atoms with van der Waals surface area (Å²) in [6.07, 6.45) is 1.74. The first-order valence-corrected chi connectivity index (χ1v) is 5.14. The second kappa shape index (κ2) is 3.27. The highest BCUT2D eigenvalue weighted by molar-refractivity contribution is 14.1. The fourth-order valence-corrected chi connectivity index (χ4v) is 2.10. The molecule has 0 atom stereocenters. The summed E-state index contributed by atoms with van der Waals surface area (Å²) in [4.78, 5) is 7.89. The minimum atomic E-state index is 0.0372. The molecule has 7 heteroatoms. The maximum absolute atomic E-state index is 5.45. The van der Waals surface area contributed by atoms with Gasteiger partial charge in [-0.25, -0.2) is 4.98 Å². The number of hydrogen-bond donors (Lipinski definition) is 0. The Morgan fingerprint density at radius 2 is 2.42 bits per heavy atom. The predicted molar refractivity (Wildman–Crippen MR) is 53.1 cm³/mol. The molecular weight excluding hydrogens is 312 g/mol. The number of thiazole rings is 1. The van der Waals surface area contributed by atoms with Gasteiger partial charge in [-0.15, -0.1) is 11.3 Å². The van der Waals surface area contributed by atoms with Gasteiger partial charge in [0.15, 0.2) is 5.01 Å². The molecule has 0 aromatic carbocycles. The molecule has 0 fully saturated rings. The van der Waals surface area contributed by atoms with Crippen LogP contribution >= 0.6 is 45.5 Å². The minimum absolute atomic E-state index is 0.0372. The van der Waals surface area contributed by atoms with E-state index in [0.717, 1.165) is 7.89 Å². The molecule has 0 unspecified atom stereocenters. The SMILES string of the molecule is Clc1nc(-c2ncc(I)s2)no1. The lowest BCUT2D eigenvalue weighted by Crippen LogP contribution is -1.75. The summed E-state index contributed by atoms with van der Waals surface area (Å²) in [5.74, 6) is 0.438. The van der Waals surface area contributed by atoms with Crippen LogP contribution < -0.4 is 0 Å². The smallest absolute Gasteiger partial charge is 0.320 e. The molecule has 0 aliphatic heterocycles. The van der Waals surface area contributed by atoms with Gasteiger partial charge in [-0.1, -0.05) is 5.16 Å². The highest BCUT2D eigenvalue weighted by Crippen LogP contribution is 2.24. The zero-order valence-electron chi connectivity index (χ0n) is 5.49. The number of rotatable bonds is 1. The molecule has 62 valence electrons. The van der Waals surface area contributed by atoms with E-state index in [1.54, 1.807) is 6.20 Å². The monoisotopic (exact) mass is 313 g/mol. The minimum Gasteiger partial charge on any atom is -0.321 e. The van der Waals surface area contributed by atoms with E-state index >= 15 is 0 Å². The molecule has 0 aliphatic carbocycles. The molecule has 0 saturated carbocycles. The van der Waals surface area contributed by atoms with Crippen molar-refractivity contribution >= 4 is 45.5 Å². The van der Waals surface area contributed by atoms with Crippen molar-refractivity contribution in [1.82, 2.24) is 15.1 Å². The number of hydrogen-bond acceptors (Lipinski definition) is 5. The Balaban J connectivity index is 2.43. The maximum Gasteiger partial charge on any atom is 0.320 e. The molecule has 2 rings (SSSR count). The Kier molecular flexibility index (Phi) is 2.28. The topological polar surface area (TPSA) is 51.8 Å². The third-order valence-electron chi connectivity index (χ3n) is 1.07. The standard InChI is InChI=1S/C5HClIN3OS/c6-5-9-3(10-11-5)4-8-1-2(7)12-4/h1H. The molecule has 0 saturated heterocycles. The molecule has 0 amide bonds. The number of halogens is 2. The summed E-state index contributed by atoms with van der Waals surface area (Å²) in [5, 5.41) is 4.38. The Morgan fingerprint density at radius 3 is 2.92 bits per heavy atom. The average Bonchev–Trinajstić information content (AvgIpc) is 2.58. The molecule has 4 nitrogen and oxygen atoms in total. The average molecular weight is 314 g/mol. The lowest BCUT2D eigenvalue weighted by atomic mass is 10.7. The summed E-state index contributed by atoms with van der Waals surface area (Å²) >= 11 is 9.11. The number of aromatic nitrogens is 3. The Bertz CT molecular complexity index is 363. The lowest BCUT2D eigenvalue weighted by molar-refractivity contribution is 0.421. The van der Waals surface area contributed by atoms with Gasteiger partial charge >= 0.3 is 5.35 Å². The van der Waals surface area contributed by atoms with Crippen LogP contribution in [0.4, 0.5) is 0 Å². The van der Waals surface area contributed by atoms with Crippen molar-refractivity contribution < 1.29 is 4.52 Å². The molecule has 0 N–H and O–H groups in total. The van der Waals surface area contributed by atoms with Crippen LogP contribution in [0.25, 0.3) is 10.8 Å². The van der Waals surface area contributed by atoms with Crippen LogP contribution in [0.15, 0.2) is 10.7 Å². The van der Waals surface area contributed by atoms with E-state index in [2.05, 4.69) is 42.2 Å². The zero-order valence-corrected chi connectivity index (χ0v) is 9.22. The third kappa shape index (κ3) is 1.59. The van der Waals surface area contributed by atoms with Crippen LogP contribution in [-0.4, -0.2) is 15.1 Å². The normalized spacial score (nSPS) is 10.5. The zero-order chi connectivity index (χ0) is 8.55. The van der Waals surface area contributed by atoms with Gasteiger partial charge in [-0.3, -0.25) is 0 Å². The van der Waals surface area contributed by atoms with Crippen molar-refractivity contribution in [2.75, 3.05) is 0 Å². The summed E-state index contributed by atoms with van der Waals surface area (Å²) < 4.78 is 5.67. The van der Waals surface area contributed by atoms with E-state index in [4.69, 9.17) is 11.6 Å². The fraction of sp³-hybridized carbons (Fsp3) is 0. The van der Waals surface area contributed by atoms with Crippen molar-refractivity contribution in [3.63, 3.8) is 0 Å². The first-order valence-electron chi connectivity index (χ1n) is 2.86. The molecule has 2 aromatic heterocycles. The molecule has 0 radical (unpaired) electrons. The predicted octanol–water partition coefficient (Wildman–Crippen LogP) is 2.45. The summed E-state index contributed by atoms with van der Waals surface area (Å²) in [6.45, 7) is 0. The van der Waals surface area contributed by atoms with E-state index < -0.39 is 0 Å². The van der Waals surface area contributed by atoms with E-state index in [-0.39, 0.29) is 5.35 Å². The van der Waals surface area contributed by atoms with Gasteiger partial charge < -0.3 is 4.52 Å². The van der Waals surface area contributed by atoms with Crippen molar-refractivity contribution in [3.05, 3.63) is 14.4 Å². The van der Waals surface area contributed by atoms with Crippen LogP contribution in [-0.2, 0) is 0 Å². The van der Waals surface area contributed by atoms with Crippen LogP contribution in [0.2, 0.25) is 5.35 Å². The van der Waals surface area contributed by atoms with E-state index in [1.807, 2.05) is 0 Å². The van der Waals surface area contributed by atoms with Gasteiger partial charge in [0.1, 0.15) is 0 Å². The van der Waals surface area contributed by atoms with Gasteiger partial charge in [0.05, 0.1) is 9.08 Å². The second-order valence-corrected chi connectivity index (χ2v) is 5.09. The van der Waals surface area contributed by atoms with Crippen molar-refractivity contribution in [3.8, 4) is 10.8 Å². The van der Waals surface area contributed by atoms with E-state index in [9.17, 15) is 0 Å². The first-order chi connectivity index (χ1) is 5.75. The highest BCUT2D eigenvalue weighted by atomic mass is 127. The molecule has 0 spiro atoms. The van der Waals surface area contributed by atoms with Gasteiger partial charge in [0.25, 0.3) is 0 Å². The largest absolute Gasteiger partial charge is 0.321 e. The van der Waals surface area contributed by atoms with Gasteiger partial charge in [-0.05, 0) is 34.2 Å². The quantitative estimate of drug-likeness (QED) is 0.759. The van der Waals surface area contributed by atoms with Gasteiger partial charge in [-0.2, -0.15) is 4.98 Å². The summed E-state index contributed by atoms with van der Waals surface area (Å²) in [6, 6.07) is 0. The Hall–Kier alpha value is -0.210. The highest BCUT2D eigenvalue weighted by Gasteiger charge is 2.09. The first kappa shape index (κ1) is 8.39. The second-order valence-electron chi connectivity index (χ2n) is 1.84. The molecule has 2 aromatic rings. The third-order valence-corrected chi connectivity index (χ3v) is 2.94. The lowest BCUT2D eigenvalue weighted by Gasteiger charge is -1.79. The van der Waals surface area contributed by atoms with Gasteiger partial charge in [0, 0.05) is 0 Å². The summed E-state index contributed by atoms with van der Waals surface area (Å²) in [7, 11) is 0. The van der Waals surface area contributed by atoms with Gasteiger partial charge in [0.2, 0.25) is 5.82 Å². The van der Waals surface area contributed by atoms with E-state index in [1.165, 1.54) is 11.3 Å². The van der Waals surface area contributed by atoms with Crippen LogP contribution in [0.5, 0.6) is 0 Å². The summed E-state index contributed by atoms with van der Waals surface area (Å²) in [5.41, 5.74) is 0. The maximum atomic E-state index is 5.45. The van der Waals surface area contributed by atoms with Crippen molar-refractivity contribution in [2.45, 2.75) is 0 Å². The van der Waals surface area contributed by atoms with E-state index in [0.29, 0.717) is 5.82 Å². The van der Waals surface area contributed by atoms with Crippen LogP contribution in [0, 0.1) is 2.88 Å².